The van der Waals surface area contributed by atoms with Crippen LogP contribution in [-0.4, -0.2) is 23.2 Å². The zero-order valence-corrected chi connectivity index (χ0v) is 9.20. The number of imidazole rings is 1. The summed E-state index contributed by atoms with van der Waals surface area (Å²) in [5.74, 6) is 0.935. The van der Waals surface area contributed by atoms with Crippen LogP contribution in [0.15, 0.2) is 18.2 Å². The summed E-state index contributed by atoms with van der Waals surface area (Å²) in [5.41, 5.74) is 2.49. The van der Waals surface area contributed by atoms with E-state index in [1.807, 2.05) is 19.1 Å². The van der Waals surface area contributed by atoms with Crippen LogP contribution < -0.4 is 5.32 Å². The van der Waals surface area contributed by atoms with E-state index in [9.17, 15) is 4.79 Å². The molecule has 0 fully saturated rings. The number of carbonyl (C=O) groups is 1. The molecule has 0 aliphatic rings. The number of aromatic nitrogens is 2. The zero-order chi connectivity index (χ0) is 11.5. The highest BCUT2D eigenvalue weighted by Gasteiger charge is 2.04. The van der Waals surface area contributed by atoms with E-state index >= 15 is 0 Å². The third-order valence-electron chi connectivity index (χ3n) is 2.30. The van der Waals surface area contributed by atoms with Crippen LogP contribution in [0.4, 0.5) is 10.5 Å². The minimum absolute atomic E-state index is 0.477. The van der Waals surface area contributed by atoms with Crippen molar-refractivity contribution in [3.05, 3.63) is 24.0 Å². The lowest BCUT2D eigenvalue weighted by Crippen LogP contribution is -2.10. The van der Waals surface area contributed by atoms with Crippen LogP contribution >= 0.6 is 0 Å². The van der Waals surface area contributed by atoms with Gasteiger partial charge in [-0.25, -0.2) is 9.78 Å². The molecule has 5 nitrogen and oxygen atoms in total. The normalized spacial score (nSPS) is 10.4. The smallest absolute Gasteiger partial charge is 0.411 e. The number of H-pyrrole nitrogens is 1. The second-order valence-corrected chi connectivity index (χ2v) is 3.39. The van der Waals surface area contributed by atoms with Crippen LogP contribution in [0.3, 0.4) is 0 Å². The Morgan fingerprint density at radius 1 is 1.56 bits per heavy atom. The Hall–Kier alpha value is -2.04. The number of methoxy groups -OCH3 is 1. The number of amides is 1. The van der Waals surface area contributed by atoms with Gasteiger partial charge >= 0.3 is 6.09 Å². The fraction of sp³-hybridized carbons (Fsp3) is 0.273. The van der Waals surface area contributed by atoms with Crippen LogP contribution in [0.2, 0.25) is 0 Å². The first-order valence-electron chi connectivity index (χ1n) is 5.06. The van der Waals surface area contributed by atoms with Crippen LogP contribution in [-0.2, 0) is 11.2 Å². The van der Waals surface area contributed by atoms with Gasteiger partial charge in [-0.05, 0) is 18.2 Å². The highest BCUT2D eigenvalue weighted by molar-refractivity contribution is 5.88. The molecule has 1 amide bonds. The molecule has 16 heavy (non-hydrogen) atoms. The molecule has 0 aliphatic heterocycles. The Bertz CT molecular complexity index is 519. The Balaban J connectivity index is 2.32. The van der Waals surface area contributed by atoms with Gasteiger partial charge in [0.15, 0.2) is 0 Å². The van der Waals surface area contributed by atoms with E-state index in [1.54, 1.807) is 6.07 Å². The maximum atomic E-state index is 11.0. The number of benzene rings is 1. The monoisotopic (exact) mass is 219 g/mol. The van der Waals surface area contributed by atoms with Crippen LogP contribution in [0.25, 0.3) is 11.0 Å². The van der Waals surface area contributed by atoms with Crippen molar-refractivity contribution in [2.75, 3.05) is 12.4 Å². The summed E-state index contributed by atoms with van der Waals surface area (Å²) >= 11 is 0. The van der Waals surface area contributed by atoms with Gasteiger partial charge in [0.2, 0.25) is 0 Å². The number of nitrogens with zero attached hydrogens (tertiary/aromatic N) is 1. The fourth-order valence-corrected chi connectivity index (χ4v) is 1.48. The number of hydrogen-bond acceptors (Lipinski definition) is 3. The van der Waals surface area contributed by atoms with Crippen molar-refractivity contribution in [3.63, 3.8) is 0 Å². The molecule has 0 spiro atoms. The number of aryl methyl sites for hydroxylation is 1. The molecule has 2 rings (SSSR count). The van der Waals surface area contributed by atoms with Crippen molar-refractivity contribution in [1.29, 1.82) is 0 Å². The van der Waals surface area contributed by atoms with Gasteiger partial charge in [-0.2, -0.15) is 0 Å². The summed E-state index contributed by atoms with van der Waals surface area (Å²) in [6.07, 6.45) is 0.378. The van der Waals surface area contributed by atoms with E-state index in [1.165, 1.54) is 7.11 Å². The molecule has 0 radical (unpaired) electrons. The number of nitrogens with one attached hydrogen (secondary N) is 2. The molecule has 0 atom stereocenters. The van der Waals surface area contributed by atoms with Gasteiger partial charge in [0.05, 0.1) is 18.1 Å². The summed E-state index contributed by atoms with van der Waals surface area (Å²) in [6, 6.07) is 5.48. The van der Waals surface area contributed by atoms with E-state index in [0.717, 1.165) is 23.3 Å². The molecule has 1 heterocycles. The number of carbonyl (C=O) groups excluding carboxylic acids is 1. The molecule has 5 heteroatoms. The highest BCUT2D eigenvalue weighted by atomic mass is 16.5. The molecule has 0 unspecified atom stereocenters. The first-order chi connectivity index (χ1) is 7.72. The molecule has 0 saturated carbocycles. The molecule has 84 valence electrons. The summed E-state index contributed by atoms with van der Waals surface area (Å²) < 4.78 is 4.52. The van der Waals surface area contributed by atoms with Crippen molar-refractivity contribution in [2.45, 2.75) is 13.3 Å². The highest BCUT2D eigenvalue weighted by Crippen LogP contribution is 2.17. The Labute approximate surface area is 92.8 Å². The second-order valence-electron chi connectivity index (χ2n) is 3.39. The van der Waals surface area contributed by atoms with Crippen molar-refractivity contribution in [2.24, 2.45) is 0 Å². The SMILES string of the molecule is CCc1nc2ccc(NC(=O)OC)cc2[nH]1. The lowest BCUT2D eigenvalue weighted by Gasteiger charge is -2.02. The van der Waals surface area contributed by atoms with Gasteiger partial charge in [-0.1, -0.05) is 6.92 Å². The van der Waals surface area contributed by atoms with Crippen molar-refractivity contribution >= 4 is 22.8 Å². The standard InChI is InChI=1S/C11H13N3O2/c1-3-10-13-8-5-4-7(6-9(8)14-10)12-11(15)16-2/h4-6H,3H2,1-2H3,(H,12,15)(H,13,14). The van der Waals surface area contributed by atoms with Crippen molar-refractivity contribution in [1.82, 2.24) is 9.97 Å². The first kappa shape index (κ1) is 10.5. The average Bonchev–Trinajstić information content (AvgIpc) is 2.71. The molecule has 2 N–H and O–H groups in total. The third-order valence-corrected chi connectivity index (χ3v) is 2.30. The number of hydrogen-bond donors (Lipinski definition) is 2. The maximum absolute atomic E-state index is 11.0. The predicted molar refractivity (Wildman–Crippen MR) is 61.5 cm³/mol. The summed E-state index contributed by atoms with van der Waals surface area (Å²) in [7, 11) is 1.33. The second kappa shape index (κ2) is 4.22. The largest absolute Gasteiger partial charge is 0.453 e. The van der Waals surface area contributed by atoms with Gasteiger partial charge in [0.1, 0.15) is 5.82 Å². The molecule has 0 bridgehead atoms. The zero-order valence-electron chi connectivity index (χ0n) is 9.20. The van der Waals surface area contributed by atoms with Crippen LogP contribution in [0, 0.1) is 0 Å². The number of ether oxygens (including phenoxy) is 1. The van der Waals surface area contributed by atoms with E-state index in [2.05, 4.69) is 20.0 Å². The molecular weight excluding hydrogens is 206 g/mol. The minimum Gasteiger partial charge on any atom is -0.453 e. The van der Waals surface area contributed by atoms with Gasteiger partial charge in [-0.15, -0.1) is 0 Å². The summed E-state index contributed by atoms with van der Waals surface area (Å²) in [4.78, 5) is 18.6. The maximum Gasteiger partial charge on any atom is 0.411 e. The van der Waals surface area contributed by atoms with Gasteiger partial charge < -0.3 is 9.72 Å². The van der Waals surface area contributed by atoms with Crippen LogP contribution in [0.5, 0.6) is 0 Å². The van der Waals surface area contributed by atoms with Crippen LogP contribution in [0.1, 0.15) is 12.7 Å². The summed E-state index contributed by atoms with van der Waals surface area (Å²) in [6.45, 7) is 2.03. The lowest BCUT2D eigenvalue weighted by atomic mass is 10.3. The fourth-order valence-electron chi connectivity index (χ4n) is 1.48. The minimum atomic E-state index is -0.477. The van der Waals surface area contributed by atoms with Gasteiger partial charge in [0, 0.05) is 12.1 Å². The van der Waals surface area contributed by atoms with E-state index < -0.39 is 6.09 Å². The molecule has 2 aromatic rings. The number of anilines is 1. The molecule has 1 aromatic carbocycles. The predicted octanol–water partition coefficient (Wildman–Crippen LogP) is 2.30. The average molecular weight is 219 g/mol. The van der Waals surface area contributed by atoms with E-state index in [0.29, 0.717) is 5.69 Å². The number of fused-ring (bicyclic) bond motifs is 1. The molecule has 0 aliphatic carbocycles. The Kier molecular flexibility index (Phi) is 2.76. The van der Waals surface area contributed by atoms with Crippen molar-refractivity contribution in [3.8, 4) is 0 Å². The molecule has 0 saturated heterocycles. The molecular formula is C11H13N3O2. The Morgan fingerprint density at radius 3 is 3.06 bits per heavy atom. The molecule has 1 aromatic heterocycles. The third kappa shape index (κ3) is 1.98. The quantitative estimate of drug-likeness (QED) is 0.814. The van der Waals surface area contributed by atoms with E-state index in [4.69, 9.17) is 0 Å². The van der Waals surface area contributed by atoms with Gasteiger partial charge in [-0.3, -0.25) is 5.32 Å². The number of rotatable bonds is 2. The van der Waals surface area contributed by atoms with Crippen molar-refractivity contribution < 1.29 is 9.53 Å². The van der Waals surface area contributed by atoms with Gasteiger partial charge in [0.25, 0.3) is 0 Å². The topological polar surface area (TPSA) is 67.0 Å². The van der Waals surface area contributed by atoms with E-state index in [-0.39, 0.29) is 0 Å². The lowest BCUT2D eigenvalue weighted by molar-refractivity contribution is 0.187. The summed E-state index contributed by atoms with van der Waals surface area (Å²) in [5, 5.41) is 2.60. The number of aromatic amines is 1. The first-order valence-corrected chi connectivity index (χ1v) is 5.06. The Morgan fingerprint density at radius 2 is 2.38 bits per heavy atom.